The number of halogens is 7. The van der Waals surface area contributed by atoms with Crippen LogP contribution in [0.5, 0.6) is 11.5 Å². The third-order valence-corrected chi connectivity index (χ3v) is 7.52. The zero-order valence-electron chi connectivity index (χ0n) is 18.0. The fourth-order valence-corrected chi connectivity index (χ4v) is 5.56. The fourth-order valence-electron chi connectivity index (χ4n) is 4.79. The Bertz CT molecular complexity index is 1170. The fraction of sp³-hybridized carbons (Fsp3) is 0.364. The summed E-state index contributed by atoms with van der Waals surface area (Å²) >= 11 is 5.59. The molecule has 5 nitrogen and oxygen atoms in total. The van der Waals surface area contributed by atoms with E-state index in [-0.39, 0.29) is 52.9 Å². The molecule has 3 saturated carbocycles. The molecular weight excluding hydrogens is 524 g/mol. The third kappa shape index (κ3) is 5.80. The van der Waals surface area contributed by atoms with Gasteiger partial charge in [-0.25, -0.2) is 4.39 Å². The van der Waals surface area contributed by atoms with Gasteiger partial charge in [0.1, 0.15) is 28.8 Å². The number of amides is 1. The maximum absolute atomic E-state index is 13.4. The lowest BCUT2D eigenvalue weighted by atomic mass is 9.38. The summed E-state index contributed by atoms with van der Waals surface area (Å²) in [4.78, 5) is 22.4. The van der Waals surface area contributed by atoms with Crippen molar-refractivity contribution in [3.05, 3.63) is 53.3 Å². The highest BCUT2D eigenvalue weighted by Crippen LogP contribution is 3.02. The van der Waals surface area contributed by atoms with Crippen molar-refractivity contribution >= 4 is 33.5 Å². The van der Waals surface area contributed by atoms with Crippen molar-refractivity contribution in [2.75, 3.05) is 13.2 Å². The number of hydrogen-bond donors (Lipinski definition) is 1. The summed E-state index contributed by atoms with van der Waals surface area (Å²) in [5, 5.41) is 2.79. The van der Waals surface area contributed by atoms with Crippen LogP contribution in [0.4, 0.5) is 23.8 Å². The molecule has 5 rings (SSSR count). The maximum atomic E-state index is 13.4. The molecule has 192 valence electrons. The molecule has 3 aliphatic carbocycles. The molecule has 2 aromatic rings. The molecule has 2 aromatic carbocycles. The van der Waals surface area contributed by atoms with Gasteiger partial charge in [0, 0.05) is 18.0 Å². The van der Waals surface area contributed by atoms with Gasteiger partial charge in [-0.05, 0) is 61.1 Å². The van der Waals surface area contributed by atoms with Gasteiger partial charge in [-0.2, -0.15) is 0 Å². The zero-order valence-corrected chi connectivity index (χ0v) is 19.5. The summed E-state index contributed by atoms with van der Waals surface area (Å²) in [5.74, 6) is -1.33. The number of carbonyl (C=O) groups is 2. The normalized spacial score (nSPS) is 24.8. The van der Waals surface area contributed by atoms with Gasteiger partial charge in [-0.1, -0.05) is 31.0 Å². The molecule has 35 heavy (non-hydrogen) atoms. The Morgan fingerprint density at radius 3 is 2.06 bits per heavy atom. The molecular formula is C22H20ClF6NO4S. The molecule has 2 bridgehead atoms. The number of ketones is 1. The lowest BCUT2D eigenvalue weighted by molar-refractivity contribution is -0.173. The number of ether oxygens (including phenoxy) is 2. The summed E-state index contributed by atoms with van der Waals surface area (Å²) in [5.41, 5.74) is -0.700. The second-order valence-corrected chi connectivity index (χ2v) is 12.0. The number of rotatable bonds is 10. The topological polar surface area (TPSA) is 64.6 Å². The van der Waals surface area contributed by atoms with Gasteiger partial charge < -0.3 is 14.8 Å². The Hall–Kier alpha value is -2.60. The van der Waals surface area contributed by atoms with Gasteiger partial charge in [0.15, 0.2) is 12.4 Å². The average molecular weight is 544 g/mol. The average Bonchev–Trinajstić information content (AvgIpc) is 2.69. The van der Waals surface area contributed by atoms with E-state index < -0.39 is 39.0 Å². The number of nitrogens with one attached hydrogen (secondary N) is 1. The molecule has 0 aliphatic heterocycles. The van der Waals surface area contributed by atoms with Gasteiger partial charge in [-0.15, -0.1) is 0 Å². The Morgan fingerprint density at radius 1 is 0.914 bits per heavy atom. The number of Topliss-reactive ketones (excluding diaryl/α,β-unsaturated/α-hetero) is 1. The largest absolute Gasteiger partial charge is 0.486 e. The summed E-state index contributed by atoms with van der Waals surface area (Å²) in [6.07, 6.45) is 1.89. The maximum Gasteiger partial charge on any atom is 0.310 e. The zero-order chi connectivity index (χ0) is 25.8. The summed E-state index contributed by atoms with van der Waals surface area (Å²) in [7, 11) is -9.76. The molecule has 0 spiro atoms. The Morgan fingerprint density at radius 2 is 1.49 bits per heavy atom. The van der Waals surface area contributed by atoms with Gasteiger partial charge >= 0.3 is 10.2 Å². The van der Waals surface area contributed by atoms with Crippen LogP contribution in [0, 0.1) is 11.2 Å². The molecule has 3 fully saturated rings. The third-order valence-electron chi connectivity index (χ3n) is 6.05. The predicted molar refractivity (Wildman–Crippen MR) is 117 cm³/mol. The van der Waals surface area contributed by atoms with Crippen LogP contribution < -0.4 is 14.8 Å². The number of benzene rings is 2. The molecule has 0 radical (unpaired) electrons. The van der Waals surface area contributed by atoms with Crippen molar-refractivity contribution in [3.63, 3.8) is 0 Å². The SMILES string of the molecule is O=C(COc1ccc(S(F)(F)(F)(F)F)cc1)CC12CC(NC(=O)COc3ccc(Cl)c(F)c3)(C1)C2. The van der Waals surface area contributed by atoms with E-state index >= 15 is 0 Å². The quantitative estimate of drug-likeness (QED) is 0.343. The van der Waals surface area contributed by atoms with Gasteiger partial charge in [-0.3, -0.25) is 9.59 Å². The van der Waals surface area contributed by atoms with Crippen LogP contribution in [0.1, 0.15) is 25.7 Å². The van der Waals surface area contributed by atoms with E-state index in [1.165, 1.54) is 12.1 Å². The highest BCUT2D eigenvalue weighted by molar-refractivity contribution is 8.45. The molecule has 0 unspecified atom stereocenters. The van der Waals surface area contributed by atoms with Crippen LogP contribution in [-0.2, 0) is 9.59 Å². The van der Waals surface area contributed by atoms with Crippen LogP contribution in [0.25, 0.3) is 0 Å². The minimum absolute atomic E-state index is 0.0639. The molecule has 0 heterocycles. The highest BCUT2D eigenvalue weighted by atomic mass is 35.5. The van der Waals surface area contributed by atoms with Crippen molar-refractivity contribution in [3.8, 4) is 11.5 Å². The molecule has 1 amide bonds. The Balaban J connectivity index is 1.18. The van der Waals surface area contributed by atoms with Crippen molar-refractivity contribution in [1.82, 2.24) is 5.32 Å². The predicted octanol–water partition coefficient (Wildman–Crippen LogP) is 6.59. The molecule has 0 aromatic heterocycles. The summed E-state index contributed by atoms with van der Waals surface area (Å²) in [6.45, 7) is -0.730. The van der Waals surface area contributed by atoms with Crippen molar-refractivity contribution in [1.29, 1.82) is 0 Å². The van der Waals surface area contributed by atoms with Gasteiger partial charge in [0.2, 0.25) is 0 Å². The van der Waals surface area contributed by atoms with Crippen LogP contribution in [0.15, 0.2) is 47.4 Å². The summed E-state index contributed by atoms with van der Waals surface area (Å²) < 4.78 is 87.5. The minimum Gasteiger partial charge on any atom is -0.486 e. The molecule has 3 aliphatic rings. The lowest BCUT2D eigenvalue weighted by Crippen LogP contribution is -2.75. The number of hydrogen-bond acceptors (Lipinski definition) is 4. The van der Waals surface area contributed by atoms with E-state index in [1.807, 2.05) is 0 Å². The van der Waals surface area contributed by atoms with Crippen molar-refractivity contribution < 1.29 is 42.9 Å². The van der Waals surface area contributed by atoms with Crippen LogP contribution in [0.2, 0.25) is 5.02 Å². The molecule has 13 heteroatoms. The van der Waals surface area contributed by atoms with Crippen molar-refractivity contribution in [2.45, 2.75) is 36.1 Å². The second-order valence-electron chi connectivity index (χ2n) is 9.17. The van der Waals surface area contributed by atoms with E-state index in [1.54, 1.807) is 0 Å². The van der Waals surface area contributed by atoms with Gasteiger partial charge in [0.25, 0.3) is 5.91 Å². The molecule has 0 atom stereocenters. The Labute approximate surface area is 201 Å². The first-order valence-electron chi connectivity index (χ1n) is 10.3. The van der Waals surface area contributed by atoms with E-state index in [4.69, 9.17) is 21.1 Å². The lowest BCUT2D eigenvalue weighted by Gasteiger charge is -2.70. The highest BCUT2D eigenvalue weighted by Gasteiger charge is 2.68. The monoisotopic (exact) mass is 543 g/mol. The standard InChI is InChI=1S/C22H20ClF6NO4S/c23-18-6-3-16(7-19(18)24)34-10-20(32)30-22-11-21(12-22,13-22)8-14(31)9-33-15-1-4-17(5-2-15)35(25,26,27,28)29/h1-7H,8-13H2,(H,30,32). The van der Waals surface area contributed by atoms with Crippen LogP contribution in [-0.4, -0.2) is 30.4 Å². The first-order valence-corrected chi connectivity index (χ1v) is 12.7. The van der Waals surface area contributed by atoms with E-state index in [0.29, 0.717) is 19.3 Å². The second kappa shape index (κ2) is 7.70. The van der Waals surface area contributed by atoms with Crippen molar-refractivity contribution in [2.24, 2.45) is 5.41 Å². The van der Waals surface area contributed by atoms with Gasteiger partial charge in [0.05, 0.1) is 5.02 Å². The van der Waals surface area contributed by atoms with Crippen LogP contribution in [0.3, 0.4) is 0 Å². The van der Waals surface area contributed by atoms with E-state index in [9.17, 15) is 33.4 Å². The minimum atomic E-state index is -9.76. The molecule has 1 N–H and O–H groups in total. The Kier molecular flexibility index (Phi) is 5.61. The van der Waals surface area contributed by atoms with E-state index in [2.05, 4.69) is 5.32 Å². The molecule has 0 saturated heterocycles. The first kappa shape index (κ1) is 25.5. The van der Waals surface area contributed by atoms with E-state index in [0.717, 1.165) is 18.2 Å². The van der Waals surface area contributed by atoms with Crippen LogP contribution >= 0.6 is 21.8 Å². The number of carbonyl (C=O) groups excluding carboxylic acids is 2. The summed E-state index contributed by atoms with van der Waals surface area (Å²) in [6, 6.07) is 5.75. The first-order chi connectivity index (χ1) is 16.0. The smallest absolute Gasteiger partial charge is 0.310 e.